The fraction of sp³-hybridized carbons (Fsp3) is 0.714. The van der Waals surface area contributed by atoms with Crippen molar-refractivity contribution < 1.29 is 0 Å². The summed E-state index contributed by atoms with van der Waals surface area (Å²) < 4.78 is 1.33. The first kappa shape index (κ1) is 16.2. The van der Waals surface area contributed by atoms with Gasteiger partial charge in [-0.05, 0) is 106 Å². The van der Waals surface area contributed by atoms with E-state index in [-0.39, 0.29) is 0 Å². The van der Waals surface area contributed by atoms with Gasteiger partial charge in [0.05, 0.1) is 0 Å². The van der Waals surface area contributed by atoms with Gasteiger partial charge in [0.2, 0.25) is 0 Å². The molecule has 1 aromatic carbocycles. The lowest BCUT2D eigenvalue weighted by atomic mass is 9.51. The van der Waals surface area contributed by atoms with Crippen molar-refractivity contribution >= 4 is 28.3 Å². The van der Waals surface area contributed by atoms with Crippen LogP contribution in [0.5, 0.6) is 0 Å². The highest BCUT2D eigenvalue weighted by Crippen LogP contribution is 2.65. The Morgan fingerprint density at radius 3 is 2.65 bits per heavy atom. The van der Waals surface area contributed by atoms with Crippen LogP contribution in [0.15, 0.2) is 12.1 Å². The molecule has 0 spiro atoms. The lowest BCUT2D eigenvalue weighted by Crippen LogP contribution is -2.45. The molecule has 0 bridgehead atoms. The zero-order valence-electron chi connectivity index (χ0n) is 14.9. The molecule has 0 amide bonds. The molecular weight excluding hydrogens is 393 g/mol. The summed E-state index contributed by atoms with van der Waals surface area (Å²) in [5, 5.41) is 0. The van der Waals surface area contributed by atoms with E-state index in [1.54, 1.807) is 11.1 Å². The monoisotopic (exact) mass is 423 g/mol. The summed E-state index contributed by atoms with van der Waals surface area (Å²) in [6, 6.07) is 4.52. The summed E-state index contributed by atoms with van der Waals surface area (Å²) in [6.45, 7) is 10.2. The number of nitrogen functional groups attached to an aromatic ring is 1. The molecule has 7 atom stereocenters. The number of hydrogen-bond donors (Lipinski definition) is 1. The quantitative estimate of drug-likeness (QED) is 0.411. The van der Waals surface area contributed by atoms with Gasteiger partial charge in [-0.15, -0.1) is 0 Å². The molecule has 3 aliphatic carbocycles. The minimum atomic E-state index is 0.568. The van der Waals surface area contributed by atoms with Crippen LogP contribution >= 0.6 is 22.6 Å². The Bertz CT molecular complexity index is 639. The molecule has 2 heteroatoms. The number of benzene rings is 1. The van der Waals surface area contributed by atoms with Gasteiger partial charge in [-0.3, -0.25) is 0 Å². The standard InChI is InChI=1S/C21H30IN/c1-11-9-17-16-6-5-15-14(7-8-18(23)20(15)22)19(16)12(2)10-21(17,4)13(11)3/h7-8,11-13,16-17,19H,5-6,9-10,23H2,1-4H3/t11?,12?,13?,16?,17?,19?,21-/m1/s1. The van der Waals surface area contributed by atoms with Gasteiger partial charge in [0, 0.05) is 9.26 Å². The Labute approximate surface area is 154 Å². The van der Waals surface area contributed by atoms with Crippen molar-refractivity contribution in [3.63, 3.8) is 0 Å². The first-order valence-electron chi connectivity index (χ1n) is 9.41. The van der Waals surface area contributed by atoms with E-state index in [0.717, 1.165) is 41.2 Å². The molecule has 0 saturated heterocycles. The highest BCUT2D eigenvalue weighted by Gasteiger charge is 2.57. The van der Waals surface area contributed by atoms with Crippen LogP contribution < -0.4 is 5.73 Å². The van der Waals surface area contributed by atoms with Gasteiger partial charge in [0.1, 0.15) is 0 Å². The van der Waals surface area contributed by atoms with Crippen molar-refractivity contribution in [2.45, 2.75) is 59.3 Å². The number of fused-ring (bicyclic) bond motifs is 5. The van der Waals surface area contributed by atoms with Crippen LogP contribution in [0.2, 0.25) is 0 Å². The molecule has 2 N–H and O–H groups in total. The molecule has 126 valence electrons. The fourth-order valence-corrected chi connectivity index (χ4v) is 7.57. The SMILES string of the molecule is CC1C[C@]2(C)C(C)C(C)CC2C2CCc3c(ccc(N)c3I)C12. The first-order valence-corrected chi connectivity index (χ1v) is 10.5. The smallest absolute Gasteiger partial charge is 0.0452 e. The summed E-state index contributed by atoms with van der Waals surface area (Å²) >= 11 is 2.47. The summed E-state index contributed by atoms with van der Waals surface area (Å²) in [7, 11) is 0. The van der Waals surface area contributed by atoms with E-state index in [1.807, 2.05) is 0 Å². The lowest BCUT2D eigenvalue weighted by molar-refractivity contribution is -0.000324. The van der Waals surface area contributed by atoms with Crippen LogP contribution in [0.3, 0.4) is 0 Å². The fourth-order valence-electron chi connectivity index (χ4n) is 6.81. The van der Waals surface area contributed by atoms with Gasteiger partial charge in [-0.25, -0.2) is 0 Å². The van der Waals surface area contributed by atoms with E-state index >= 15 is 0 Å². The summed E-state index contributed by atoms with van der Waals surface area (Å²) in [5.74, 6) is 5.16. The van der Waals surface area contributed by atoms with Crippen LogP contribution in [0.1, 0.15) is 64.0 Å². The maximum Gasteiger partial charge on any atom is 0.0452 e. The molecular formula is C21H30IN. The summed E-state index contributed by atoms with van der Waals surface area (Å²) in [5.41, 5.74) is 10.9. The zero-order valence-corrected chi connectivity index (χ0v) is 17.1. The highest BCUT2D eigenvalue weighted by atomic mass is 127. The molecule has 3 aliphatic rings. The second-order valence-corrected chi connectivity index (χ2v) is 10.1. The molecule has 0 aliphatic heterocycles. The van der Waals surface area contributed by atoms with Crippen molar-refractivity contribution in [3.05, 3.63) is 26.8 Å². The first-order chi connectivity index (χ1) is 10.8. The number of rotatable bonds is 0. The normalized spacial score (nSPS) is 45.3. The Kier molecular flexibility index (Phi) is 3.79. The van der Waals surface area contributed by atoms with Gasteiger partial charge in [-0.2, -0.15) is 0 Å². The van der Waals surface area contributed by atoms with Gasteiger partial charge in [0.15, 0.2) is 0 Å². The molecule has 1 aromatic rings. The highest BCUT2D eigenvalue weighted by molar-refractivity contribution is 14.1. The predicted molar refractivity (Wildman–Crippen MR) is 106 cm³/mol. The van der Waals surface area contributed by atoms with Gasteiger partial charge >= 0.3 is 0 Å². The molecule has 2 fully saturated rings. The lowest BCUT2D eigenvalue weighted by Gasteiger charge is -2.53. The number of nitrogens with two attached hydrogens (primary N) is 1. The van der Waals surface area contributed by atoms with E-state index in [0.29, 0.717) is 5.41 Å². The van der Waals surface area contributed by atoms with E-state index in [4.69, 9.17) is 5.73 Å². The minimum Gasteiger partial charge on any atom is -0.398 e. The molecule has 4 rings (SSSR count). The van der Waals surface area contributed by atoms with Crippen LogP contribution in [-0.4, -0.2) is 0 Å². The average Bonchev–Trinajstić information content (AvgIpc) is 2.74. The molecule has 0 radical (unpaired) electrons. The third-order valence-electron chi connectivity index (χ3n) is 8.12. The zero-order chi connectivity index (χ0) is 16.5. The van der Waals surface area contributed by atoms with Crippen molar-refractivity contribution in [2.24, 2.45) is 35.0 Å². The van der Waals surface area contributed by atoms with Crippen molar-refractivity contribution in [1.29, 1.82) is 0 Å². The van der Waals surface area contributed by atoms with E-state index in [2.05, 4.69) is 62.4 Å². The Balaban J connectivity index is 1.78. The van der Waals surface area contributed by atoms with Crippen molar-refractivity contribution in [2.75, 3.05) is 5.73 Å². The molecule has 0 aromatic heterocycles. The number of hydrogen-bond acceptors (Lipinski definition) is 1. The largest absolute Gasteiger partial charge is 0.398 e. The third kappa shape index (κ3) is 2.15. The third-order valence-corrected chi connectivity index (χ3v) is 9.39. The molecule has 23 heavy (non-hydrogen) atoms. The van der Waals surface area contributed by atoms with Gasteiger partial charge in [0.25, 0.3) is 0 Å². The average molecular weight is 423 g/mol. The van der Waals surface area contributed by atoms with Crippen molar-refractivity contribution in [1.82, 2.24) is 0 Å². The molecule has 6 unspecified atom stereocenters. The topological polar surface area (TPSA) is 26.0 Å². The maximum absolute atomic E-state index is 6.18. The van der Waals surface area contributed by atoms with Gasteiger partial charge < -0.3 is 5.73 Å². The van der Waals surface area contributed by atoms with Gasteiger partial charge in [-0.1, -0.05) is 33.8 Å². The molecule has 0 heterocycles. The Morgan fingerprint density at radius 1 is 1.17 bits per heavy atom. The molecule has 1 nitrogen and oxygen atoms in total. The predicted octanol–water partition coefficient (Wildman–Crippen LogP) is 5.86. The summed E-state index contributed by atoms with van der Waals surface area (Å²) in [4.78, 5) is 0. The Morgan fingerprint density at radius 2 is 1.91 bits per heavy atom. The second-order valence-electron chi connectivity index (χ2n) is 9.06. The van der Waals surface area contributed by atoms with Crippen LogP contribution in [-0.2, 0) is 6.42 Å². The maximum atomic E-state index is 6.18. The van der Waals surface area contributed by atoms with Crippen LogP contribution in [0.4, 0.5) is 5.69 Å². The number of anilines is 1. The molecule has 2 saturated carbocycles. The minimum absolute atomic E-state index is 0.568. The Hall–Kier alpha value is -0.250. The summed E-state index contributed by atoms with van der Waals surface area (Å²) in [6.07, 6.45) is 5.47. The number of halogens is 1. The van der Waals surface area contributed by atoms with E-state index < -0.39 is 0 Å². The van der Waals surface area contributed by atoms with Crippen molar-refractivity contribution in [3.8, 4) is 0 Å². The van der Waals surface area contributed by atoms with Crippen LogP contribution in [0.25, 0.3) is 0 Å². The van der Waals surface area contributed by atoms with E-state index in [9.17, 15) is 0 Å². The second kappa shape index (κ2) is 5.37. The van der Waals surface area contributed by atoms with E-state index in [1.165, 1.54) is 29.3 Å². The van der Waals surface area contributed by atoms with Crippen LogP contribution in [0, 0.1) is 38.6 Å².